The predicted octanol–water partition coefficient (Wildman–Crippen LogP) is 5.71. The number of piperidine rings is 1. The fraction of sp³-hybridized carbons (Fsp3) is 0.415. The molecule has 3 aromatic carbocycles. The van der Waals surface area contributed by atoms with Gasteiger partial charge in [0.05, 0.1) is 41.3 Å². The molecule has 53 heavy (non-hydrogen) atoms. The summed E-state index contributed by atoms with van der Waals surface area (Å²) in [5.74, 6) is 1.84. The molecule has 3 aliphatic rings. The molecule has 12 nitrogen and oxygen atoms in total. The maximum atomic E-state index is 12.6. The molecule has 1 aliphatic carbocycles. The Morgan fingerprint density at radius 3 is 2.49 bits per heavy atom. The number of ether oxygens (including phenoxy) is 1. The number of hydrogen-bond donors (Lipinski definition) is 3. The van der Waals surface area contributed by atoms with E-state index in [2.05, 4.69) is 73.4 Å². The molecule has 2 aromatic heterocycles. The summed E-state index contributed by atoms with van der Waals surface area (Å²) in [7, 11) is 3.88. The van der Waals surface area contributed by atoms with Crippen molar-refractivity contribution in [2.75, 3.05) is 75.1 Å². The maximum Gasteiger partial charge on any atom is 0.227 e. The number of aromatic amines is 1. The lowest BCUT2D eigenvalue weighted by Crippen LogP contribution is -2.52. The molecule has 4 heterocycles. The number of hydrogen-bond acceptors (Lipinski definition) is 10. The number of amides is 1. The summed E-state index contributed by atoms with van der Waals surface area (Å²) in [4.78, 5) is 40.0. The first-order valence-corrected chi connectivity index (χ1v) is 18.9. The number of methoxy groups -OCH3 is 1. The number of aliphatic hydroxyl groups excluding tert-OH is 1. The summed E-state index contributed by atoms with van der Waals surface area (Å²) >= 11 is 0. The topological polar surface area (TPSA) is 126 Å². The van der Waals surface area contributed by atoms with E-state index in [0.717, 1.165) is 116 Å². The fourth-order valence-electron chi connectivity index (χ4n) is 7.83. The molecule has 8 rings (SSSR count). The molecule has 3 N–H and O–H groups in total. The third kappa shape index (κ3) is 7.57. The van der Waals surface area contributed by atoms with Gasteiger partial charge >= 0.3 is 0 Å². The number of carbonyl (C=O) groups excluding carboxylic acids is 1. The zero-order valence-corrected chi connectivity index (χ0v) is 30.7. The van der Waals surface area contributed by atoms with Crippen molar-refractivity contribution in [1.82, 2.24) is 29.7 Å². The van der Waals surface area contributed by atoms with Crippen LogP contribution in [0.25, 0.3) is 33.4 Å². The first-order chi connectivity index (χ1) is 26.0. The zero-order valence-electron chi connectivity index (χ0n) is 30.7. The highest BCUT2D eigenvalue weighted by Crippen LogP contribution is 2.44. The van der Waals surface area contributed by atoms with Gasteiger partial charge in [0.25, 0.3) is 0 Å². The van der Waals surface area contributed by atoms with Crippen molar-refractivity contribution in [3.8, 4) is 28.4 Å². The van der Waals surface area contributed by atoms with Crippen LogP contribution in [0.5, 0.6) is 5.75 Å². The van der Waals surface area contributed by atoms with E-state index in [-0.39, 0.29) is 12.6 Å². The van der Waals surface area contributed by atoms with E-state index in [1.165, 1.54) is 0 Å². The van der Waals surface area contributed by atoms with Crippen LogP contribution in [0, 0.1) is 0 Å². The number of carbonyl (C=O) groups is 1. The Balaban J connectivity index is 1.10. The van der Waals surface area contributed by atoms with Gasteiger partial charge in [-0.1, -0.05) is 36.4 Å². The summed E-state index contributed by atoms with van der Waals surface area (Å²) < 4.78 is 5.99. The number of H-pyrrole nitrogens is 1. The molecule has 0 bridgehead atoms. The van der Waals surface area contributed by atoms with Gasteiger partial charge in [-0.05, 0) is 68.1 Å². The van der Waals surface area contributed by atoms with E-state index in [9.17, 15) is 9.90 Å². The minimum Gasteiger partial charge on any atom is -0.494 e. The molecule has 0 radical (unpaired) electrons. The normalized spacial score (nSPS) is 17.3. The lowest BCUT2D eigenvalue weighted by molar-refractivity contribution is -0.107. The maximum absolute atomic E-state index is 12.6. The molecule has 0 spiro atoms. The first-order valence-electron chi connectivity index (χ1n) is 18.9. The Bertz CT molecular complexity index is 2050. The number of aryl methyl sites for hydroxylation is 1. The van der Waals surface area contributed by atoms with Gasteiger partial charge in [-0.15, -0.1) is 0 Å². The predicted molar refractivity (Wildman–Crippen MR) is 210 cm³/mol. The number of likely N-dealkylation sites (N-methyl/N-ethyl adjacent to an activating group) is 1. The van der Waals surface area contributed by atoms with Crippen molar-refractivity contribution >= 4 is 40.2 Å². The molecule has 12 heteroatoms. The van der Waals surface area contributed by atoms with Crippen LogP contribution in [-0.2, 0) is 11.2 Å². The van der Waals surface area contributed by atoms with E-state index in [0.29, 0.717) is 42.0 Å². The monoisotopic (exact) mass is 715 g/mol. The number of fused-ring (bicyclic) bond motifs is 1. The van der Waals surface area contributed by atoms with Crippen LogP contribution in [0.15, 0.2) is 66.9 Å². The van der Waals surface area contributed by atoms with Gasteiger partial charge in [0.15, 0.2) is 0 Å². The molecule has 1 saturated carbocycles. The summed E-state index contributed by atoms with van der Waals surface area (Å²) in [6, 6.07) is 21.4. The highest BCUT2D eigenvalue weighted by atomic mass is 16.5. The summed E-state index contributed by atoms with van der Waals surface area (Å²) in [5.41, 5.74) is 5.81. The fourth-order valence-corrected chi connectivity index (χ4v) is 7.83. The number of rotatable bonds is 13. The molecule has 3 fully saturated rings. The number of anilines is 4. The van der Waals surface area contributed by atoms with E-state index < -0.39 is 0 Å². The number of benzene rings is 3. The Hall–Kier alpha value is -5.04. The second-order valence-electron chi connectivity index (χ2n) is 14.5. The first kappa shape index (κ1) is 35.0. The standard InChI is InChI=1S/C41H49N9O3/c1-47-19-21-48(22-20-47)31-14-17-49(18-15-31)35-26-37(53-2)34(25-36(35)50(27-52)32-11-12-32)44-41-42-16-13-33(43-41)40-39(45-38(46-40)8-5-23-51)30-10-9-28-6-3-4-7-29(28)24-30/h3-4,6-7,9-10,13,16,24-27,31-32,51H,5,8,11-12,14-15,17-23H2,1-2H3,(H,45,46)(H,42,43,44). The van der Waals surface area contributed by atoms with E-state index >= 15 is 0 Å². The number of aliphatic hydroxyl groups is 1. The van der Waals surface area contributed by atoms with Crippen LogP contribution in [-0.4, -0.2) is 113 Å². The van der Waals surface area contributed by atoms with E-state index in [1.807, 2.05) is 29.2 Å². The van der Waals surface area contributed by atoms with Gasteiger partial charge < -0.3 is 34.8 Å². The van der Waals surface area contributed by atoms with Crippen LogP contribution < -0.4 is 19.9 Å². The van der Waals surface area contributed by atoms with Crippen molar-refractivity contribution in [2.24, 2.45) is 0 Å². The lowest BCUT2D eigenvalue weighted by atomic mass is 10.0. The van der Waals surface area contributed by atoms with Gasteiger partial charge in [0.2, 0.25) is 12.4 Å². The number of nitrogens with zero attached hydrogens (tertiary/aromatic N) is 7. The molecule has 2 saturated heterocycles. The molecular weight excluding hydrogens is 667 g/mol. The van der Waals surface area contributed by atoms with Crippen LogP contribution in [0.1, 0.15) is 37.9 Å². The second kappa shape index (κ2) is 15.5. The summed E-state index contributed by atoms with van der Waals surface area (Å²) in [6.45, 7) is 6.43. The minimum absolute atomic E-state index is 0.0860. The van der Waals surface area contributed by atoms with Crippen molar-refractivity contribution in [2.45, 2.75) is 50.6 Å². The Morgan fingerprint density at radius 2 is 1.75 bits per heavy atom. The second-order valence-corrected chi connectivity index (χ2v) is 14.5. The smallest absolute Gasteiger partial charge is 0.227 e. The Labute approximate surface area is 310 Å². The number of imidazole rings is 1. The lowest BCUT2D eigenvalue weighted by Gasteiger charge is -2.43. The van der Waals surface area contributed by atoms with E-state index in [4.69, 9.17) is 14.7 Å². The van der Waals surface area contributed by atoms with Crippen molar-refractivity contribution < 1.29 is 14.6 Å². The quantitative estimate of drug-likeness (QED) is 0.131. The van der Waals surface area contributed by atoms with Crippen molar-refractivity contribution in [1.29, 1.82) is 0 Å². The minimum atomic E-state index is 0.0860. The molecule has 5 aromatic rings. The SMILES string of the molecule is COc1cc(N2CCC(N3CCN(C)CC3)CC2)c(N(C=O)C2CC2)cc1Nc1nccc(-c2[nH]c(CCCO)nc2-c2ccc3ccccc3c2)n1. The average molecular weight is 716 g/mol. The van der Waals surface area contributed by atoms with Crippen LogP contribution in [0.4, 0.5) is 23.0 Å². The molecule has 0 unspecified atom stereocenters. The van der Waals surface area contributed by atoms with E-state index in [1.54, 1.807) is 13.3 Å². The zero-order chi connectivity index (χ0) is 36.3. The number of piperazine rings is 1. The summed E-state index contributed by atoms with van der Waals surface area (Å²) in [5, 5.41) is 15.2. The highest BCUT2D eigenvalue weighted by Gasteiger charge is 2.34. The van der Waals surface area contributed by atoms with Gasteiger partial charge in [0.1, 0.15) is 11.6 Å². The highest BCUT2D eigenvalue weighted by molar-refractivity contribution is 5.91. The third-order valence-electron chi connectivity index (χ3n) is 11.0. The molecule has 0 atom stereocenters. The number of nitrogens with one attached hydrogen (secondary N) is 2. The van der Waals surface area contributed by atoms with Gasteiger partial charge in [-0.2, -0.15) is 0 Å². The molecule has 2 aliphatic heterocycles. The number of aromatic nitrogens is 4. The van der Waals surface area contributed by atoms with Crippen LogP contribution in [0.2, 0.25) is 0 Å². The third-order valence-corrected chi connectivity index (χ3v) is 11.0. The van der Waals surface area contributed by atoms with Gasteiger partial charge in [-0.25, -0.2) is 15.0 Å². The largest absolute Gasteiger partial charge is 0.494 e. The molecule has 1 amide bonds. The molecular formula is C41H49N9O3. The average Bonchev–Trinajstić information content (AvgIpc) is 3.95. The Morgan fingerprint density at radius 1 is 0.962 bits per heavy atom. The van der Waals surface area contributed by atoms with Crippen molar-refractivity contribution in [3.05, 3.63) is 72.7 Å². The Kier molecular flexibility index (Phi) is 10.2. The summed E-state index contributed by atoms with van der Waals surface area (Å²) in [6.07, 6.45) is 8.09. The van der Waals surface area contributed by atoms with Crippen molar-refractivity contribution in [3.63, 3.8) is 0 Å². The van der Waals surface area contributed by atoms with Crippen LogP contribution >= 0.6 is 0 Å². The van der Waals surface area contributed by atoms with Gasteiger partial charge in [0, 0.05) is 82.2 Å². The van der Waals surface area contributed by atoms with Crippen LogP contribution in [0.3, 0.4) is 0 Å². The molecule has 276 valence electrons. The van der Waals surface area contributed by atoms with Gasteiger partial charge in [-0.3, -0.25) is 9.69 Å².